The molecule has 0 bridgehead atoms. The van der Waals surface area contributed by atoms with Gasteiger partial charge in [-0.15, -0.1) is 0 Å². The number of ether oxygens (including phenoxy) is 1. The van der Waals surface area contributed by atoms with E-state index in [0.717, 1.165) is 3.57 Å². The van der Waals surface area contributed by atoms with Gasteiger partial charge in [0.2, 0.25) is 0 Å². The van der Waals surface area contributed by atoms with Gasteiger partial charge in [0.15, 0.2) is 0 Å². The minimum Gasteiger partial charge on any atom is -0.508 e. The Labute approximate surface area is 114 Å². The molecule has 2 N–H and O–H groups in total. The molecule has 0 spiro atoms. The van der Waals surface area contributed by atoms with E-state index in [2.05, 4.69) is 22.6 Å². The van der Waals surface area contributed by atoms with Crippen molar-refractivity contribution < 1.29 is 14.9 Å². The third kappa shape index (κ3) is 5.44. The zero-order valence-electron chi connectivity index (χ0n) is 9.30. The van der Waals surface area contributed by atoms with Gasteiger partial charge in [-0.1, -0.05) is 6.07 Å². The van der Waals surface area contributed by atoms with Crippen molar-refractivity contribution >= 4 is 22.6 Å². The Morgan fingerprint density at radius 3 is 2.00 bits per heavy atom. The Morgan fingerprint density at radius 1 is 0.941 bits per heavy atom. The van der Waals surface area contributed by atoms with Crippen LogP contribution in [-0.4, -0.2) is 17.3 Å². The average Bonchev–Trinajstić information content (AvgIpc) is 2.34. The first-order valence-electron chi connectivity index (χ1n) is 4.89. The molecular formula is C13H13IO3. The van der Waals surface area contributed by atoms with Gasteiger partial charge in [0.25, 0.3) is 0 Å². The molecule has 3 nitrogen and oxygen atoms in total. The number of hydrogen-bond donors (Lipinski definition) is 2. The lowest BCUT2D eigenvalue weighted by Crippen LogP contribution is -1.79. The molecular weight excluding hydrogens is 331 g/mol. The van der Waals surface area contributed by atoms with Crippen LogP contribution in [0.15, 0.2) is 48.5 Å². The van der Waals surface area contributed by atoms with Crippen molar-refractivity contribution in [1.82, 2.24) is 0 Å². The summed E-state index contributed by atoms with van der Waals surface area (Å²) in [5.41, 5.74) is 0. The Kier molecular flexibility index (Phi) is 5.62. The molecule has 0 aliphatic carbocycles. The van der Waals surface area contributed by atoms with Gasteiger partial charge in [-0.25, -0.2) is 0 Å². The van der Waals surface area contributed by atoms with Crippen LogP contribution in [-0.2, 0) is 0 Å². The first-order valence-corrected chi connectivity index (χ1v) is 5.97. The molecule has 0 saturated carbocycles. The van der Waals surface area contributed by atoms with Gasteiger partial charge in [-0.05, 0) is 59.0 Å². The summed E-state index contributed by atoms with van der Waals surface area (Å²) in [6, 6.07) is 13.7. The Balaban J connectivity index is 0.000000171. The molecule has 0 aliphatic rings. The van der Waals surface area contributed by atoms with Crippen LogP contribution >= 0.6 is 22.6 Å². The smallest absolute Gasteiger partial charge is 0.122 e. The Morgan fingerprint density at radius 2 is 1.59 bits per heavy atom. The van der Waals surface area contributed by atoms with Crippen LogP contribution in [0.3, 0.4) is 0 Å². The van der Waals surface area contributed by atoms with E-state index in [1.807, 2.05) is 12.1 Å². The van der Waals surface area contributed by atoms with Crippen molar-refractivity contribution in [2.75, 3.05) is 7.11 Å². The molecule has 4 heteroatoms. The number of rotatable bonds is 1. The number of halogens is 1. The molecule has 0 fully saturated rings. The van der Waals surface area contributed by atoms with Gasteiger partial charge >= 0.3 is 0 Å². The van der Waals surface area contributed by atoms with Crippen molar-refractivity contribution in [3.63, 3.8) is 0 Å². The maximum absolute atomic E-state index is 8.86. The van der Waals surface area contributed by atoms with E-state index in [-0.39, 0.29) is 5.75 Å². The summed E-state index contributed by atoms with van der Waals surface area (Å²) in [5.74, 6) is 1.23. The molecule has 90 valence electrons. The van der Waals surface area contributed by atoms with Crippen LogP contribution < -0.4 is 4.74 Å². The topological polar surface area (TPSA) is 49.7 Å². The van der Waals surface area contributed by atoms with E-state index in [4.69, 9.17) is 14.9 Å². The third-order valence-corrected chi connectivity index (χ3v) is 2.60. The molecule has 2 rings (SSSR count). The molecule has 0 radical (unpaired) electrons. The summed E-state index contributed by atoms with van der Waals surface area (Å²) < 4.78 is 5.97. The van der Waals surface area contributed by atoms with E-state index in [0.29, 0.717) is 11.5 Å². The largest absolute Gasteiger partial charge is 0.508 e. The maximum Gasteiger partial charge on any atom is 0.122 e. The SMILES string of the molecule is COc1cccc(O)c1.Oc1ccc(I)cc1. The van der Waals surface area contributed by atoms with E-state index < -0.39 is 0 Å². The van der Waals surface area contributed by atoms with Crippen LogP contribution in [0.4, 0.5) is 0 Å². The normalized spacial score (nSPS) is 9.06. The van der Waals surface area contributed by atoms with Gasteiger partial charge in [0.1, 0.15) is 17.2 Å². The number of phenolic OH excluding ortho intramolecular Hbond substituents is 2. The molecule has 0 aliphatic heterocycles. The first-order chi connectivity index (χ1) is 8.11. The molecule has 17 heavy (non-hydrogen) atoms. The van der Waals surface area contributed by atoms with Crippen LogP contribution in [0.5, 0.6) is 17.2 Å². The molecule has 0 amide bonds. The average molecular weight is 344 g/mol. The van der Waals surface area contributed by atoms with Gasteiger partial charge in [0, 0.05) is 9.64 Å². The van der Waals surface area contributed by atoms with Crippen molar-refractivity contribution in [1.29, 1.82) is 0 Å². The number of aromatic hydroxyl groups is 2. The molecule has 0 saturated heterocycles. The molecule has 0 atom stereocenters. The minimum atomic E-state index is 0.231. The molecule has 0 aromatic heterocycles. The highest BCUT2D eigenvalue weighted by molar-refractivity contribution is 14.1. The quantitative estimate of drug-likeness (QED) is 0.780. The summed E-state index contributed by atoms with van der Waals surface area (Å²) in [6.45, 7) is 0. The second-order valence-electron chi connectivity index (χ2n) is 3.18. The van der Waals surface area contributed by atoms with E-state index in [1.165, 1.54) is 0 Å². The van der Waals surface area contributed by atoms with Gasteiger partial charge in [-0.2, -0.15) is 0 Å². The fraction of sp³-hybridized carbons (Fsp3) is 0.0769. The number of benzene rings is 2. The summed E-state index contributed by atoms with van der Waals surface area (Å²) >= 11 is 2.19. The summed E-state index contributed by atoms with van der Waals surface area (Å²) in [5, 5.41) is 17.6. The zero-order valence-corrected chi connectivity index (χ0v) is 11.5. The molecule has 0 unspecified atom stereocenters. The van der Waals surface area contributed by atoms with E-state index >= 15 is 0 Å². The van der Waals surface area contributed by atoms with Crippen LogP contribution in [0.1, 0.15) is 0 Å². The molecule has 2 aromatic rings. The third-order valence-electron chi connectivity index (χ3n) is 1.88. The van der Waals surface area contributed by atoms with Crippen LogP contribution in [0.2, 0.25) is 0 Å². The standard InChI is InChI=1S/C7H8O2.C6H5IO/c1-9-7-4-2-3-6(8)5-7;7-5-1-3-6(8)4-2-5/h2-5,8H,1H3;1-4,8H. The molecule has 0 heterocycles. The fourth-order valence-electron chi connectivity index (χ4n) is 1.05. The highest BCUT2D eigenvalue weighted by Crippen LogP contribution is 2.16. The fourth-order valence-corrected chi connectivity index (χ4v) is 1.41. The maximum atomic E-state index is 8.86. The van der Waals surface area contributed by atoms with Crippen molar-refractivity contribution in [3.05, 3.63) is 52.1 Å². The van der Waals surface area contributed by atoms with Crippen molar-refractivity contribution in [2.24, 2.45) is 0 Å². The number of phenols is 2. The van der Waals surface area contributed by atoms with E-state index in [1.54, 1.807) is 43.5 Å². The van der Waals surface area contributed by atoms with Crippen molar-refractivity contribution in [2.45, 2.75) is 0 Å². The summed E-state index contributed by atoms with van der Waals surface area (Å²) in [7, 11) is 1.56. The van der Waals surface area contributed by atoms with Crippen molar-refractivity contribution in [3.8, 4) is 17.2 Å². The molecule has 2 aromatic carbocycles. The first kappa shape index (κ1) is 13.6. The monoisotopic (exact) mass is 344 g/mol. The second-order valence-corrected chi connectivity index (χ2v) is 4.42. The minimum absolute atomic E-state index is 0.231. The predicted molar refractivity (Wildman–Crippen MR) is 75.5 cm³/mol. The zero-order chi connectivity index (χ0) is 12.7. The van der Waals surface area contributed by atoms with Gasteiger partial charge in [0.05, 0.1) is 7.11 Å². The highest BCUT2D eigenvalue weighted by Gasteiger charge is 1.88. The van der Waals surface area contributed by atoms with Crippen LogP contribution in [0.25, 0.3) is 0 Å². The number of methoxy groups -OCH3 is 1. The lowest BCUT2D eigenvalue weighted by atomic mass is 10.3. The highest BCUT2D eigenvalue weighted by atomic mass is 127. The summed E-state index contributed by atoms with van der Waals surface area (Å²) in [4.78, 5) is 0. The van der Waals surface area contributed by atoms with Gasteiger partial charge in [-0.3, -0.25) is 0 Å². The Bertz CT molecular complexity index is 433. The van der Waals surface area contributed by atoms with E-state index in [9.17, 15) is 0 Å². The summed E-state index contributed by atoms with van der Waals surface area (Å²) in [6.07, 6.45) is 0. The van der Waals surface area contributed by atoms with Gasteiger partial charge < -0.3 is 14.9 Å². The Hall–Kier alpha value is -1.43. The van der Waals surface area contributed by atoms with Crippen LogP contribution in [0, 0.1) is 3.57 Å². The predicted octanol–water partition coefficient (Wildman–Crippen LogP) is 3.40. The lowest BCUT2D eigenvalue weighted by Gasteiger charge is -1.97. The second kappa shape index (κ2) is 7.01. The lowest BCUT2D eigenvalue weighted by molar-refractivity contribution is 0.407. The number of hydrogen-bond acceptors (Lipinski definition) is 3.